The summed E-state index contributed by atoms with van der Waals surface area (Å²) in [4.78, 5) is 28.3. The van der Waals surface area contributed by atoms with E-state index in [2.05, 4.69) is 25.8 Å². The van der Waals surface area contributed by atoms with Crippen LogP contribution in [-0.4, -0.2) is 56.2 Å². The molecular weight excluding hydrogens is 380 g/mol. The highest BCUT2D eigenvalue weighted by Crippen LogP contribution is 2.26. The van der Waals surface area contributed by atoms with Gasteiger partial charge >= 0.3 is 6.03 Å². The average molecular weight is 407 g/mol. The summed E-state index contributed by atoms with van der Waals surface area (Å²) in [5, 5.41) is 13.6. The molecule has 1 unspecified atom stereocenters. The number of hydrogen-bond donors (Lipinski definition) is 2. The van der Waals surface area contributed by atoms with Crippen molar-refractivity contribution in [2.75, 3.05) is 13.7 Å². The minimum atomic E-state index is -0.540. The van der Waals surface area contributed by atoms with Gasteiger partial charge in [0.05, 0.1) is 18.4 Å². The Morgan fingerprint density at radius 3 is 2.54 bits per heavy atom. The first-order valence-corrected chi connectivity index (χ1v) is 9.71. The van der Waals surface area contributed by atoms with Gasteiger partial charge in [-0.1, -0.05) is 11.8 Å². The number of imide groups is 1. The molecule has 0 aliphatic heterocycles. The van der Waals surface area contributed by atoms with Crippen molar-refractivity contribution in [3.63, 3.8) is 0 Å². The van der Waals surface area contributed by atoms with Crippen LogP contribution in [0.2, 0.25) is 0 Å². The lowest BCUT2D eigenvalue weighted by Gasteiger charge is -2.21. The van der Waals surface area contributed by atoms with Crippen molar-refractivity contribution >= 4 is 23.7 Å². The quantitative estimate of drug-likeness (QED) is 0.677. The molecule has 2 aromatic heterocycles. The molecule has 2 N–H and O–H groups in total. The van der Waals surface area contributed by atoms with Gasteiger partial charge in [0.1, 0.15) is 0 Å². The molecule has 0 fully saturated rings. The van der Waals surface area contributed by atoms with Crippen LogP contribution in [0.25, 0.3) is 11.4 Å². The zero-order valence-corrected chi connectivity index (χ0v) is 17.5. The monoisotopic (exact) mass is 406 g/mol. The summed E-state index contributed by atoms with van der Waals surface area (Å²) in [6.45, 7) is 8.24. The zero-order valence-electron chi connectivity index (χ0n) is 16.7. The summed E-state index contributed by atoms with van der Waals surface area (Å²) in [7, 11) is 1.62. The van der Waals surface area contributed by atoms with Gasteiger partial charge in [0, 0.05) is 30.6 Å². The molecule has 9 nitrogen and oxygen atoms in total. The van der Waals surface area contributed by atoms with E-state index in [1.54, 1.807) is 26.4 Å². The van der Waals surface area contributed by atoms with Crippen molar-refractivity contribution in [2.45, 2.75) is 50.2 Å². The normalized spacial score (nSPS) is 12.5. The van der Waals surface area contributed by atoms with E-state index in [0.717, 1.165) is 5.56 Å². The Labute approximate surface area is 168 Å². The Bertz CT molecular complexity index is 803. The van der Waals surface area contributed by atoms with Crippen LogP contribution in [0.4, 0.5) is 4.79 Å². The molecule has 10 heteroatoms. The van der Waals surface area contributed by atoms with Crippen molar-refractivity contribution < 1.29 is 14.3 Å². The minimum absolute atomic E-state index is 0.404. The lowest BCUT2D eigenvalue weighted by atomic mass is 10.1. The highest BCUT2D eigenvalue weighted by Gasteiger charge is 2.23. The Balaban J connectivity index is 2.13. The summed E-state index contributed by atoms with van der Waals surface area (Å²) in [6, 6.07) is 3.16. The summed E-state index contributed by atoms with van der Waals surface area (Å²) < 4.78 is 7.07. The van der Waals surface area contributed by atoms with Crippen LogP contribution in [0, 0.1) is 0 Å². The largest absolute Gasteiger partial charge is 0.383 e. The molecule has 0 saturated heterocycles. The fraction of sp³-hybridized carbons (Fsp3) is 0.500. The van der Waals surface area contributed by atoms with Gasteiger partial charge in [-0.25, -0.2) is 4.79 Å². The summed E-state index contributed by atoms with van der Waals surface area (Å²) >= 11 is 1.23. The zero-order chi connectivity index (χ0) is 20.7. The minimum Gasteiger partial charge on any atom is -0.383 e. The number of methoxy groups -OCH3 is 1. The van der Waals surface area contributed by atoms with E-state index in [9.17, 15) is 9.59 Å². The van der Waals surface area contributed by atoms with Crippen LogP contribution >= 0.6 is 11.8 Å². The van der Waals surface area contributed by atoms with Gasteiger partial charge < -0.3 is 10.1 Å². The molecule has 0 aliphatic rings. The maximum absolute atomic E-state index is 12.4. The summed E-state index contributed by atoms with van der Waals surface area (Å²) in [5.74, 6) is 0.263. The Morgan fingerprint density at radius 1 is 1.25 bits per heavy atom. The Hall–Kier alpha value is -2.46. The number of thioether (sulfide) groups is 1. The van der Waals surface area contributed by atoms with Crippen LogP contribution in [-0.2, 0) is 16.1 Å². The highest BCUT2D eigenvalue weighted by atomic mass is 32.2. The molecule has 2 rings (SSSR count). The summed E-state index contributed by atoms with van der Waals surface area (Å²) in [6.07, 6.45) is 3.36. The van der Waals surface area contributed by atoms with Gasteiger partial charge in [0.25, 0.3) is 0 Å². The first-order chi connectivity index (χ1) is 13.2. The van der Waals surface area contributed by atoms with Gasteiger partial charge in [-0.2, -0.15) is 0 Å². The van der Waals surface area contributed by atoms with E-state index in [-0.39, 0.29) is 0 Å². The maximum atomic E-state index is 12.4. The molecule has 0 saturated carbocycles. The molecule has 2 heterocycles. The van der Waals surface area contributed by atoms with E-state index < -0.39 is 22.7 Å². The van der Waals surface area contributed by atoms with Gasteiger partial charge in [-0.15, -0.1) is 10.2 Å². The fourth-order valence-corrected chi connectivity index (χ4v) is 3.15. The number of pyridine rings is 1. The molecular formula is C18H26N6O3S. The highest BCUT2D eigenvalue weighted by molar-refractivity contribution is 8.00. The van der Waals surface area contributed by atoms with Crippen LogP contribution < -0.4 is 10.6 Å². The summed E-state index contributed by atoms with van der Waals surface area (Å²) in [5.41, 5.74) is 0.438. The van der Waals surface area contributed by atoms with Crippen molar-refractivity contribution in [2.24, 2.45) is 0 Å². The fourth-order valence-electron chi connectivity index (χ4n) is 2.27. The topological polar surface area (TPSA) is 111 Å². The smallest absolute Gasteiger partial charge is 0.321 e. The number of hydrogen-bond acceptors (Lipinski definition) is 7. The second-order valence-corrected chi connectivity index (χ2v) is 8.45. The van der Waals surface area contributed by atoms with E-state index in [1.165, 1.54) is 11.8 Å². The Morgan fingerprint density at radius 2 is 1.93 bits per heavy atom. The number of ether oxygens (including phenoxy) is 1. The SMILES string of the molecule is COCCn1c(SC(C)C(=O)NC(=O)NC(C)(C)C)nnc1-c1ccncc1. The first kappa shape index (κ1) is 21.8. The molecule has 0 spiro atoms. The number of rotatable bonds is 7. The number of nitrogens with zero attached hydrogens (tertiary/aromatic N) is 4. The predicted octanol–water partition coefficient (Wildman–Crippen LogP) is 2.09. The van der Waals surface area contributed by atoms with Crippen molar-refractivity contribution in [3.05, 3.63) is 24.5 Å². The first-order valence-electron chi connectivity index (χ1n) is 8.83. The maximum Gasteiger partial charge on any atom is 0.321 e. The van der Waals surface area contributed by atoms with Crippen LogP contribution in [0.15, 0.2) is 29.7 Å². The third kappa shape index (κ3) is 6.31. The lowest BCUT2D eigenvalue weighted by molar-refractivity contribution is -0.119. The molecule has 2 aromatic rings. The third-order valence-corrected chi connectivity index (χ3v) is 4.63. The second-order valence-electron chi connectivity index (χ2n) is 7.14. The van der Waals surface area contributed by atoms with Crippen LogP contribution in [0.1, 0.15) is 27.7 Å². The van der Waals surface area contributed by atoms with Gasteiger partial charge in [0.2, 0.25) is 5.91 Å². The number of nitrogens with one attached hydrogen (secondary N) is 2. The van der Waals surface area contributed by atoms with Gasteiger partial charge in [0.15, 0.2) is 11.0 Å². The molecule has 152 valence electrons. The molecule has 1 atom stereocenters. The molecule has 0 bridgehead atoms. The standard InChI is InChI=1S/C18H26N6O3S/c1-12(15(25)20-16(26)21-18(2,3)4)28-17-23-22-14(24(17)10-11-27-5)13-6-8-19-9-7-13/h6-9,12H,10-11H2,1-5H3,(H2,20,21,25,26). The number of aromatic nitrogens is 4. The van der Waals surface area contributed by atoms with Crippen LogP contribution in [0.5, 0.6) is 0 Å². The second kappa shape index (κ2) is 9.65. The lowest BCUT2D eigenvalue weighted by Crippen LogP contribution is -2.49. The van der Waals surface area contributed by atoms with Crippen molar-refractivity contribution in [1.82, 2.24) is 30.4 Å². The molecule has 0 aliphatic carbocycles. The van der Waals surface area contributed by atoms with E-state index in [4.69, 9.17) is 4.74 Å². The van der Waals surface area contributed by atoms with Crippen LogP contribution in [0.3, 0.4) is 0 Å². The number of carbonyl (C=O) groups excluding carboxylic acids is 2. The number of amides is 3. The van der Waals surface area contributed by atoms with Gasteiger partial charge in [-0.3, -0.25) is 19.7 Å². The molecule has 0 aromatic carbocycles. The Kier molecular flexibility index (Phi) is 7.53. The van der Waals surface area contributed by atoms with E-state index in [1.807, 2.05) is 37.5 Å². The van der Waals surface area contributed by atoms with Gasteiger partial charge in [-0.05, 0) is 39.8 Å². The van der Waals surface area contributed by atoms with E-state index >= 15 is 0 Å². The van der Waals surface area contributed by atoms with Crippen molar-refractivity contribution in [3.8, 4) is 11.4 Å². The molecule has 3 amide bonds. The number of carbonyl (C=O) groups is 2. The average Bonchev–Trinajstić information content (AvgIpc) is 3.01. The predicted molar refractivity (Wildman–Crippen MR) is 107 cm³/mol. The number of urea groups is 1. The third-order valence-electron chi connectivity index (χ3n) is 3.55. The van der Waals surface area contributed by atoms with E-state index in [0.29, 0.717) is 24.1 Å². The van der Waals surface area contributed by atoms with Crippen molar-refractivity contribution in [1.29, 1.82) is 0 Å². The molecule has 0 radical (unpaired) electrons. The molecule has 28 heavy (non-hydrogen) atoms.